The Bertz CT molecular complexity index is 346. The van der Waals surface area contributed by atoms with Crippen molar-refractivity contribution >= 4 is 27.5 Å². The Balaban J connectivity index is 2.24. The molecule has 1 N–H and O–H groups in total. The topological polar surface area (TPSA) is 21.3 Å². The molecule has 1 aliphatic heterocycles. The Morgan fingerprint density at radius 2 is 2.31 bits per heavy atom. The number of hydrogen-bond acceptors (Lipinski definition) is 2. The van der Waals surface area contributed by atoms with Gasteiger partial charge in [-0.15, -0.1) is 0 Å². The van der Waals surface area contributed by atoms with E-state index in [1.165, 1.54) is 5.56 Å². The molecule has 0 spiro atoms. The van der Waals surface area contributed by atoms with E-state index in [4.69, 9.17) is 16.3 Å². The van der Waals surface area contributed by atoms with Gasteiger partial charge >= 0.3 is 0 Å². The first-order chi connectivity index (χ1) is 7.70. The molecule has 0 amide bonds. The van der Waals surface area contributed by atoms with E-state index in [0.29, 0.717) is 12.0 Å². The van der Waals surface area contributed by atoms with E-state index in [-0.39, 0.29) is 0 Å². The SMILES string of the molecule is CNC(c1cc(Cl)cc(Br)c1)C1CCOC1. The third kappa shape index (κ3) is 2.77. The number of nitrogens with one attached hydrogen (secondary N) is 1. The van der Waals surface area contributed by atoms with Gasteiger partial charge in [-0.25, -0.2) is 0 Å². The molecule has 0 aromatic heterocycles. The van der Waals surface area contributed by atoms with Crippen molar-refractivity contribution in [1.82, 2.24) is 5.32 Å². The van der Waals surface area contributed by atoms with E-state index in [0.717, 1.165) is 29.1 Å². The predicted molar refractivity (Wildman–Crippen MR) is 69.9 cm³/mol. The molecule has 1 saturated heterocycles. The molecule has 4 heteroatoms. The maximum atomic E-state index is 6.07. The van der Waals surface area contributed by atoms with Gasteiger partial charge in [0.15, 0.2) is 0 Å². The molecule has 0 saturated carbocycles. The van der Waals surface area contributed by atoms with E-state index in [2.05, 4.69) is 27.3 Å². The molecule has 16 heavy (non-hydrogen) atoms. The van der Waals surface area contributed by atoms with Crippen LogP contribution in [-0.4, -0.2) is 20.3 Å². The van der Waals surface area contributed by atoms with Crippen molar-refractivity contribution in [2.24, 2.45) is 5.92 Å². The molecule has 1 aromatic rings. The van der Waals surface area contributed by atoms with Crippen molar-refractivity contribution in [3.05, 3.63) is 33.3 Å². The number of hydrogen-bond donors (Lipinski definition) is 1. The predicted octanol–water partition coefficient (Wildman–Crippen LogP) is 3.40. The first-order valence-electron chi connectivity index (χ1n) is 5.41. The highest BCUT2D eigenvalue weighted by Crippen LogP contribution is 2.31. The monoisotopic (exact) mass is 303 g/mol. The van der Waals surface area contributed by atoms with E-state index >= 15 is 0 Å². The molecule has 1 aliphatic rings. The summed E-state index contributed by atoms with van der Waals surface area (Å²) < 4.78 is 6.46. The summed E-state index contributed by atoms with van der Waals surface area (Å²) in [5.74, 6) is 0.537. The fourth-order valence-corrected chi connectivity index (χ4v) is 3.13. The van der Waals surface area contributed by atoms with Crippen molar-refractivity contribution in [2.45, 2.75) is 12.5 Å². The van der Waals surface area contributed by atoms with Crippen LogP contribution in [0, 0.1) is 5.92 Å². The maximum Gasteiger partial charge on any atom is 0.0513 e. The summed E-state index contributed by atoms with van der Waals surface area (Å²) in [6, 6.07) is 6.36. The lowest BCUT2D eigenvalue weighted by molar-refractivity contribution is 0.178. The van der Waals surface area contributed by atoms with Gasteiger partial charge < -0.3 is 10.1 Å². The van der Waals surface area contributed by atoms with Gasteiger partial charge in [0.05, 0.1) is 6.61 Å². The molecule has 2 unspecified atom stereocenters. The standard InChI is InChI=1S/C12H15BrClNO/c1-15-12(8-2-3-16-7-8)9-4-10(13)6-11(14)5-9/h4-6,8,12,15H,2-3,7H2,1H3. The summed E-state index contributed by atoms with van der Waals surface area (Å²) in [6.07, 6.45) is 1.11. The highest BCUT2D eigenvalue weighted by molar-refractivity contribution is 9.10. The fourth-order valence-electron chi connectivity index (χ4n) is 2.24. The van der Waals surface area contributed by atoms with Crippen molar-refractivity contribution in [2.75, 3.05) is 20.3 Å². The highest BCUT2D eigenvalue weighted by atomic mass is 79.9. The molecule has 0 radical (unpaired) electrons. The number of halogens is 2. The largest absolute Gasteiger partial charge is 0.381 e. The number of ether oxygens (including phenoxy) is 1. The van der Waals surface area contributed by atoms with Crippen LogP contribution >= 0.6 is 27.5 Å². The van der Waals surface area contributed by atoms with E-state index in [1.807, 2.05) is 19.2 Å². The zero-order valence-electron chi connectivity index (χ0n) is 9.17. The summed E-state index contributed by atoms with van der Waals surface area (Å²) in [7, 11) is 1.98. The van der Waals surface area contributed by atoms with Gasteiger partial charge in [0.1, 0.15) is 0 Å². The third-order valence-corrected chi connectivity index (χ3v) is 3.67. The van der Waals surface area contributed by atoms with Crippen LogP contribution < -0.4 is 5.32 Å². The van der Waals surface area contributed by atoms with Crippen LogP contribution in [-0.2, 0) is 4.74 Å². The summed E-state index contributed by atoms with van der Waals surface area (Å²) in [6.45, 7) is 1.69. The third-order valence-electron chi connectivity index (χ3n) is 2.99. The molecule has 0 aliphatic carbocycles. The summed E-state index contributed by atoms with van der Waals surface area (Å²) in [5.41, 5.74) is 1.22. The molecule has 2 atom stereocenters. The molecule has 0 bridgehead atoms. The quantitative estimate of drug-likeness (QED) is 0.924. The van der Waals surface area contributed by atoms with Crippen molar-refractivity contribution in [1.29, 1.82) is 0 Å². The second kappa shape index (κ2) is 5.50. The second-order valence-electron chi connectivity index (χ2n) is 4.09. The minimum Gasteiger partial charge on any atom is -0.381 e. The average Bonchev–Trinajstić information content (AvgIpc) is 2.70. The Labute approximate surface area is 109 Å². The smallest absolute Gasteiger partial charge is 0.0513 e. The first-order valence-corrected chi connectivity index (χ1v) is 6.59. The van der Waals surface area contributed by atoms with Crippen LogP contribution in [0.2, 0.25) is 5.02 Å². The molecule has 2 nitrogen and oxygen atoms in total. The normalized spacial score (nSPS) is 22.3. The zero-order valence-corrected chi connectivity index (χ0v) is 11.5. The van der Waals surface area contributed by atoms with Crippen molar-refractivity contribution in [3.8, 4) is 0 Å². The molecule has 1 aromatic carbocycles. The summed E-state index contributed by atoms with van der Waals surface area (Å²) >= 11 is 9.54. The van der Waals surface area contributed by atoms with Gasteiger partial charge in [0.2, 0.25) is 0 Å². The molecule has 1 heterocycles. The number of benzene rings is 1. The minimum atomic E-state index is 0.317. The van der Waals surface area contributed by atoms with Gasteiger partial charge in [0.25, 0.3) is 0 Å². The van der Waals surface area contributed by atoms with Gasteiger partial charge in [-0.2, -0.15) is 0 Å². The molecular formula is C12H15BrClNO. The zero-order chi connectivity index (χ0) is 11.5. The number of rotatable bonds is 3. The van der Waals surface area contributed by atoms with E-state index < -0.39 is 0 Å². The first kappa shape index (κ1) is 12.4. The van der Waals surface area contributed by atoms with Gasteiger partial charge in [-0.3, -0.25) is 0 Å². The summed E-state index contributed by atoms with van der Waals surface area (Å²) in [4.78, 5) is 0. The molecule has 2 rings (SSSR count). The van der Waals surface area contributed by atoms with Crippen LogP contribution in [0.1, 0.15) is 18.0 Å². The van der Waals surface area contributed by atoms with Crippen LogP contribution in [0.4, 0.5) is 0 Å². The van der Waals surface area contributed by atoms with E-state index in [9.17, 15) is 0 Å². The Hall–Kier alpha value is -0.0900. The Morgan fingerprint density at radius 3 is 2.88 bits per heavy atom. The average molecular weight is 305 g/mol. The molecule has 88 valence electrons. The minimum absolute atomic E-state index is 0.317. The summed E-state index contributed by atoms with van der Waals surface area (Å²) in [5, 5.41) is 4.12. The lowest BCUT2D eigenvalue weighted by atomic mass is 9.92. The van der Waals surface area contributed by atoms with E-state index in [1.54, 1.807) is 0 Å². The fraction of sp³-hybridized carbons (Fsp3) is 0.500. The van der Waals surface area contributed by atoms with Crippen molar-refractivity contribution in [3.63, 3.8) is 0 Å². The molecular weight excluding hydrogens is 289 g/mol. The van der Waals surface area contributed by atoms with Crippen LogP contribution in [0.3, 0.4) is 0 Å². The van der Waals surface area contributed by atoms with Gasteiger partial charge in [-0.1, -0.05) is 27.5 Å². The van der Waals surface area contributed by atoms with Gasteiger partial charge in [-0.05, 0) is 37.2 Å². The van der Waals surface area contributed by atoms with Gasteiger partial charge in [0, 0.05) is 28.1 Å². The Morgan fingerprint density at radius 1 is 1.50 bits per heavy atom. The highest BCUT2D eigenvalue weighted by Gasteiger charge is 2.26. The van der Waals surface area contributed by atoms with Crippen LogP contribution in [0.15, 0.2) is 22.7 Å². The second-order valence-corrected chi connectivity index (χ2v) is 5.44. The molecule has 1 fully saturated rings. The maximum absolute atomic E-state index is 6.07. The van der Waals surface area contributed by atoms with Crippen LogP contribution in [0.5, 0.6) is 0 Å². The van der Waals surface area contributed by atoms with Crippen molar-refractivity contribution < 1.29 is 4.74 Å². The van der Waals surface area contributed by atoms with Crippen LogP contribution in [0.25, 0.3) is 0 Å². The lowest BCUT2D eigenvalue weighted by Gasteiger charge is -2.22. The lowest BCUT2D eigenvalue weighted by Crippen LogP contribution is -2.25. The Kier molecular flexibility index (Phi) is 4.25.